The first-order chi connectivity index (χ1) is 8.24. The third-order valence-electron chi connectivity index (χ3n) is 2.37. The van der Waals surface area contributed by atoms with Crippen LogP contribution >= 0.6 is 0 Å². The van der Waals surface area contributed by atoms with Crippen molar-refractivity contribution < 1.29 is 9.53 Å². The van der Waals surface area contributed by atoms with E-state index in [-0.39, 0.29) is 5.91 Å². The maximum Gasteiger partial charge on any atom is 0.234 e. The fourth-order valence-corrected chi connectivity index (χ4v) is 1.40. The lowest BCUT2D eigenvalue weighted by Gasteiger charge is -2.07. The fraction of sp³-hybridized carbons (Fsp3) is 0.636. The highest BCUT2D eigenvalue weighted by Crippen LogP contribution is 1.92. The molecule has 1 heterocycles. The summed E-state index contributed by atoms with van der Waals surface area (Å²) in [6.07, 6.45) is 3.70. The Balaban J connectivity index is 2.04. The minimum absolute atomic E-state index is 0.00981. The summed E-state index contributed by atoms with van der Waals surface area (Å²) in [5.74, 6) is 0.973. The van der Waals surface area contributed by atoms with Gasteiger partial charge in [0.05, 0.1) is 13.2 Å². The molecule has 0 aliphatic rings. The van der Waals surface area contributed by atoms with Crippen molar-refractivity contribution in [1.29, 1.82) is 0 Å². The van der Waals surface area contributed by atoms with Gasteiger partial charge in [-0.3, -0.25) is 4.79 Å². The van der Waals surface area contributed by atoms with E-state index in [9.17, 15) is 4.79 Å². The molecule has 0 aliphatic carbocycles. The number of hydrogen-bond acceptors (Lipinski definition) is 4. The largest absolute Gasteiger partial charge is 0.383 e. The summed E-state index contributed by atoms with van der Waals surface area (Å²) in [4.78, 5) is 15.4. The fourth-order valence-electron chi connectivity index (χ4n) is 1.40. The Bertz CT molecular complexity index is 338. The van der Waals surface area contributed by atoms with Gasteiger partial charge >= 0.3 is 0 Å². The van der Waals surface area contributed by atoms with Crippen LogP contribution in [0.25, 0.3) is 0 Å². The number of imidazole rings is 1. The van der Waals surface area contributed by atoms with Crippen molar-refractivity contribution in [2.75, 3.05) is 33.4 Å². The molecular formula is C11H20N4O2. The average molecular weight is 240 g/mol. The molecule has 0 aromatic carbocycles. The van der Waals surface area contributed by atoms with Gasteiger partial charge in [0.15, 0.2) is 0 Å². The predicted octanol–water partition coefficient (Wildman–Crippen LogP) is -0.456. The molecule has 0 radical (unpaired) electrons. The minimum atomic E-state index is -0.00981. The molecule has 17 heavy (non-hydrogen) atoms. The van der Waals surface area contributed by atoms with E-state index in [2.05, 4.69) is 15.6 Å². The number of carbonyl (C=O) groups excluding carboxylic acids is 1. The zero-order valence-electron chi connectivity index (χ0n) is 10.4. The third-order valence-corrected chi connectivity index (χ3v) is 2.37. The maximum atomic E-state index is 11.3. The Morgan fingerprint density at radius 1 is 1.53 bits per heavy atom. The van der Waals surface area contributed by atoms with Gasteiger partial charge in [-0.25, -0.2) is 4.98 Å². The van der Waals surface area contributed by atoms with Crippen LogP contribution < -0.4 is 10.6 Å². The number of nitrogens with one attached hydrogen (secondary N) is 2. The van der Waals surface area contributed by atoms with Crippen molar-refractivity contribution in [2.24, 2.45) is 0 Å². The molecule has 0 unspecified atom stereocenters. The number of amides is 1. The van der Waals surface area contributed by atoms with E-state index < -0.39 is 0 Å². The van der Waals surface area contributed by atoms with Crippen LogP contribution in [0.1, 0.15) is 5.82 Å². The molecule has 0 aliphatic heterocycles. The van der Waals surface area contributed by atoms with E-state index in [1.165, 1.54) is 0 Å². The maximum absolute atomic E-state index is 11.3. The normalized spacial score (nSPS) is 10.5. The van der Waals surface area contributed by atoms with Crippen molar-refractivity contribution in [3.05, 3.63) is 18.2 Å². The quantitative estimate of drug-likeness (QED) is 0.604. The molecule has 0 bridgehead atoms. The van der Waals surface area contributed by atoms with Crippen molar-refractivity contribution in [3.8, 4) is 0 Å². The third kappa shape index (κ3) is 5.46. The summed E-state index contributed by atoms with van der Waals surface area (Å²) in [6, 6.07) is 0. The topological polar surface area (TPSA) is 68.2 Å². The van der Waals surface area contributed by atoms with Crippen LogP contribution in [0.4, 0.5) is 0 Å². The zero-order valence-corrected chi connectivity index (χ0v) is 10.4. The number of rotatable bonds is 8. The summed E-state index contributed by atoms with van der Waals surface area (Å²) in [6.45, 7) is 4.94. The van der Waals surface area contributed by atoms with Crippen molar-refractivity contribution in [2.45, 2.75) is 13.5 Å². The van der Waals surface area contributed by atoms with E-state index >= 15 is 0 Å². The van der Waals surface area contributed by atoms with Gasteiger partial charge in [-0.15, -0.1) is 0 Å². The van der Waals surface area contributed by atoms with Crippen LogP contribution in [0.2, 0.25) is 0 Å². The summed E-state index contributed by atoms with van der Waals surface area (Å²) >= 11 is 0. The van der Waals surface area contributed by atoms with Crippen LogP contribution in [-0.2, 0) is 16.1 Å². The molecule has 0 saturated heterocycles. The molecule has 0 atom stereocenters. The molecule has 1 aromatic heterocycles. The molecule has 1 rings (SSSR count). The van der Waals surface area contributed by atoms with Crippen LogP contribution in [0.15, 0.2) is 12.4 Å². The van der Waals surface area contributed by atoms with Gasteiger partial charge in [-0.1, -0.05) is 0 Å². The van der Waals surface area contributed by atoms with Crippen LogP contribution in [0.5, 0.6) is 0 Å². The van der Waals surface area contributed by atoms with E-state index in [0.717, 1.165) is 18.9 Å². The number of carbonyl (C=O) groups is 1. The summed E-state index contributed by atoms with van der Waals surface area (Å²) in [5.41, 5.74) is 0. The minimum Gasteiger partial charge on any atom is -0.383 e. The monoisotopic (exact) mass is 240 g/mol. The summed E-state index contributed by atoms with van der Waals surface area (Å²) in [5, 5.41) is 5.82. The first kappa shape index (κ1) is 13.7. The van der Waals surface area contributed by atoms with Crippen LogP contribution in [0, 0.1) is 6.92 Å². The second kappa shape index (κ2) is 7.81. The number of aromatic nitrogens is 2. The molecule has 6 nitrogen and oxygen atoms in total. The molecule has 1 amide bonds. The molecule has 2 N–H and O–H groups in total. The highest BCUT2D eigenvalue weighted by atomic mass is 16.5. The molecule has 96 valence electrons. The SMILES string of the molecule is COCCNC(=O)CNCCn1ccnc1C. The number of ether oxygens (including phenoxy) is 1. The average Bonchev–Trinajstić information content (AvgIpc) is 2.71. The summed E-state index contributed by atoms with van der Waals surface area (Å²) in [7, 11) is 1.61. The Labute approximate surface area is 101 Å². The standard InChI is InChI=1S/C11H20N4O2/c1-10-13-4-7-15(10)6-3-12-9-11(16)14-5-8-17-2/h4,7,12H,3,5-6,8-9H2,1-2H3,(H,14,16). The molecular weight excluding hydrogens is 220 g/mol. The first-order valence-electron chi connectivity index (χ1n) is 5.68. The Morgan fingerprint density at radius 2 is 2.35 bits per heavy atom. The molecule has 1 aromatic rings. The van der Waals surface area contributed by atoms with Gasteiger partial charge in [0.2, 0.25) is 5.91 Å². The molecule has 0 saturated carbocycles. The van der Waals surface area contributed by atoms with Gasteiger partial charge in [-0.05, 0) is 6.92 Å². The lowest BCUT2D eigenvalue weighted by atomic mass is 10.5. The van der Waals surface area contributed by atoms with Crippen molar-refractivity contribution >= 4 is 5.91 Å². The number of nitrogens with zero attached hydrogens (tertiary/aromatic N) is 2. The Hall–Kier alpha value is -1.40. The van der Waals surface area contributed by atoms with Gasteiger partial charge in [0.1, 0.15) is 5.82 Å². The van der Waals surface area contributed by atoms with E-state index in [0.29, 0.717) is 19.7 Å². The van der Waals surface area contributed by atoms with Gasteiger partial charge in [-0.2, -0.15) is 0 Å². The second-order valence-electron chi connectivity index (χ2n) is 3.69. The van der Waals surface area contributed by atoms with Crippen molar-refractivity contribution in [3.63, 3.8) is 0 Å². The second-order valence-corrected chi connectivity index (χ2v) is 3.69. The number of methoxy groups -OCH3 is 1. The Kier molecular flexibility index (Phi) is 6.27. The lowest BCUT2D eigenvalue weighted by molar-refractivity contribution is -0.120. The van der Waals surface area contributed by atoms with Crippen molar-refractivity contribution in [1.82, 2.24) is 20.2 Å². The van der Waals surface area contributed by atoms with Gasteiger partial charge in [0, 0.05) is 39.1 Å². The molecule has 6 heteroatoms. The number of hydrogen-bond donors (Lipinski definition) is 2. The van der Waals surface area contributed by atoms with Crippen LogP contribution in [0.3, 0.4) is 0 Å². The van der Waals surface area contributed by atoms with Gasteiger partial charge in [0.25, 0.3) is 0 Å². The van der Waals surface area contributed by atoms with Gasteiger partial charge < -0.3 is 19.9 Å². The molecule has 0 spiro atoms. The highest BCUT2D eigenvalue weighted by Gasteiger charge is 2.00. The van der Waals surface area contributed by atoms with E-state index in [1.54, 1.807) is 13.3 Å². The van der Waals surface area contributed by atoms with E-state index in [4.69, 9.17) is 4.74 Å². The van der Waals surface area contributed by atoms with E-state index in [1.807, 2.05) is 17.7 Å². The lowest BCUT2D eigenvalue weighted by Crippen LogP contribution is -2.36. The summed E-state index contributed by atoms with van der Waals surface area (Å²) < 4.78 is 6.87. The smallest absolute Gasteiger partial charge is 0.234 e. The first-order valence-corrected chi connectivity index (χ1v) is 5.68. The zero-order chi connectivity index (χ0) is 12.5. The molecule has 0 fully saturated rings. The Morgan fingerprint density at radius 3 is 3.00 bits per heavy atom. The predicted molar refractivity (Wildman–Crippen MR) is 64.7 cm³/mol. The highest BCUT2D eigenvalue weighted by molar-refractivity contribution is 5.77. The van der Waals surface area contributed by atoms with Crippen LogP contribution in [-0.4, -0.2) is 48.8 Å². The number of aryl methyl sites for hydroxylation is 1.